The average Bonchev–Trinajstić information content (AvgIpc) is 2.80. The number of aryl methyl sites for hydroxylation is 1. The number of carboxylic acids is 1. The molecule has 0 unspecified atom stereocenters. The van der Waals surface area contributed by atoms with Crippen LogP contribution in [-0.4, -0.2) is 35.7 Å². The fourth-order valence-electron chi connectivity index (χ4n) is 4.59. The second kappa shape index (κ2) is 10.9. The van der Waals surface area contributed by atoms with Crippen LogP contribution in [0.4, 0.5) is 0 Å². The Morgan fingerprint density at radius 1 is 1.11 bits per heavy atom. The van der Waals surface area contributed by atoms with Crippen molar-refractivity contribution in [2.45, 2.75) is 91.8 Å². The van der Waals surface area contributed by atoms with Crippen LogP contribution in [0, 0.1) is 20.8 Å². The Morgan fingerprint density at radius 2 is 1.80 bits per heavy atom. The zero-order chi connectivity index (χ0) is 25.8. The number of fused-ring (bicyclic) bond motifs is 1. The lowest BCUT2D eigenvalue weighted by atomic mass is 9.84. The van der Waals surface area contributed by atoms with Gasteiger partial charge in [0.25, 0.3) is 0 Å². The van der Waals surface area contributed by atoms with E-state index in [4.69, 9.17) is 18.9 Å². The molecule has 0 aliphatic carbocycles. The molecule has 3 rings (SSSR count). The van der Waals surface area contributed by atoms with Crippen molar-refractivity contribution in [3.05, 3.63) is 52.1 Å². The first-order chi connectivity index (χ1) is 16.5. The van der Waals surface area contributed by atoms with E-state index in [-0.39, 0.29) is 12.4 Å². The minimum absolute atomic E-state index is 0.209. The zero-order valence-corrected chi connectivity index (χ0v) is 22.2. The molecule has 1 heterocycles. The molecule has 192 valence electrons. The highest BCUT2D eigenvalue weighted by atomic mass is 16.7. The molecule has 1 N–H and O–H groups in total. The zero-order valence-electron chi connectivity index (χ0n) is 22.2. The lowest BCUT2D eigenvalue weighted by Crippen LogP contribution is -2.37. The van der Waals surface area contributed by atoms with Crippen molar-refractivity contribution in [1.82, 2.24) is 0 Å². The van der Waals surface area contributed by atoms with Gasteiger partial charge in [0, 0.05) is 12.2 Å². The lowest BCUT2D eigenvalue weighted by Gasteiger charge is -2.38. The van der Waals surface area contributed by atoms with Gasteiger partial charge in [-0.3, -0.25) is 0 Å². The molecule has 6 nitrogen and oxygen atoms in total. The number of rotatable bonds is 11. The van der Waals surface area contributed by atoms with Crippen molar-refractivity contribution in [3.63, 3.8) is 0 Å². The van der Waals surface area contributed by atoms with Gasteiger partial charge in [0.1, 0.15) is 22.8 Å². The third-order valence-corrected chi connectivity index (χ3v) is 7.04. The van der Waals surface area contributed by atoms with E-state index < -0.39 is 11.6 Å². The molecule has 6 heteroatoms. The molecule has 35 heavy (non-hydrogen) atoms. The minimum atomic E-state index is -1.25. The SMILES string of the molecule is CCOCOc1c(C)c(C)c2c(c1C)CC[C@@](C)(CCCc1ccc(OC(C)(C)C(=O)O)cc1)O2. The Labute approximate surface area is 209 Å². The molecular weight excluding hydrogens is 444 g/mol. The second-order valence-electron chi connectivity index (χ2n) is 10.2. The van der Waals surface area contributed by atoms with E-state index in [1.165, 1.54) is 11.1 Å². The number of aliphatic carboxylic acids is 1. The first-order valence-electron chi connectivity index (χ1n) is 12.5. The van der Waals surface area contributed by atoms with E-state index in [1.807, 2.05) is 31.2 Å². The number of hydrogen-bond donors (Lipinski definition) is 1. The van der Waals surface area contributed by atoms with Crippen molar-refractivity contribution in [2.75, 3.05) is 13.4 Å². The van der Waals surface area contributed by atoms with Crippen LogP contribution in [0.15, 0.2) is 24.3 Å². The molecule has 0 aromatic heterocycles. The van der Waals surface area contributed by atoms with E-state index >= 15 is 0 Å². The van der Waals surface area contributed by atoms with Gasteiger partial charge in [-0.2, -0.15) is 0 Å². The largest absolute Gasteiger partial charge is 0.487 e. The molecule has 1 atom stereocenters. The van der Waals surface area contributed by atoms with Crippen molar-refractivity contribution in [3.8, 4) is 17.2 Å². The van der Waals surface area contributed by atoms with E-state index in [9.17, 15) is 9.90 Å². The predicted octanol–water partition coefficient (Wildman–Crippen LogP) is 6.33. The van der Waals surface area contributed by atoms with Crippen molar-refractivity contribution in [2.24, 2.45) is 0 Å². The summed E-state index contributed by atoms with van der Waals surface area (Å²) < 4.78 is 23.6. The van der Waals surface area contributed by atoms with Crippen LogP contribution in [0.25, 0.3) is 0 Å². The quantitative estimate of drug-likeness (QED) is 0.297. The first kappa shape index (κ1) is 26.9. The Bertz CT molecular complexity index is 1040. The molecule has 0 radical (unpaired) electrons. The lowest BCUT2D eigenvalue weighted by molar-refractivity contribution is -0.152. The summed E-state index contributed by atoms with van der Waals surface area (Å²) in [5.41, 5.74) is 4.38. The van der Waals surface area contributed by atoms with Gasteiger partial charge < -0.3 is 24.1 Å². The van der Waals surface area contributed by atoms with Gasteiger partial charge >= 0.3 is 5.97 Å². The van der Waals surface area contributed by atoms with E-state index in [1.54, 1.807) is 13.8 Å². The number of ether oxygens (including phenoxy) is 4. The summed E-state index contributed by atoms with van der Waals surface area (Å²) >= 11 is 0. The van der Waals surface area contributed by atoms with Gasteiger partial charge in [0.2, 0.25) is 0 Å². The van der Waals surface area contributed by atoms with Gasteiger partial charge in [-0.1, -0.05) is 12.1 Å². The highest BCUT2D eigenvalue weighted by Gasteiger charge is 2.34. The van der Waals surface area contributed by atoms with Gasteiger partial charge in [0.05, 0.1) is 0 Å². The number of carboxylic acid groups (broad SMARTS) is 1. The van der Waals surface area contributed by atoms with Gasteiger partial charge in [-0.25, -0.2) is 4.79 Å². The Kier molecular flexibility index (Phi) is 8.37. The van der Waals surface area contributed by atoms with Crippen LogP contribution in [0.3, 0.4) is 0 Å². The molecule has 2 aromatic rings. The smallest absolute Gasteiger partial charge is 0.347 e. The molecule has 1 aliphatic rings. The van der Waals surface area contributed by atoms with Crippen LogP contribution >= 0.6 is 0 Å². The molecular formula is C29H40O6. The minimum Gasteiger partial charge on any atom is -0.487 e. The van der Waals surface area contributed by atoms with Crippen molar-refractivity contribution < 1.29 is 28.8 Å². The third kappa shape index (κ3) is 6.29. The van der Waals surface area contributed by atoms with Crippen molar-refractivity contribution >= 4 is 5.97 Å². The molecule has 0 spiro atoms. The molecule has 1 aliphatic heterocycles. The van der Waals surface area contributed by atoms with Crippen LogP contribution in [0.2, 0.25) is 0 Å². The first-order valence-corrected chi connectivity index (χ1v) is 12.5. The Morgan fingerprint density at radius 3 is 2.43 bits per heavy atom. The van der Waals surface area contributed by atoms with Gasteiger partial charge in [-0.05, 0) is 115 Å². The average molecular weight is 485 g/mol. The summed E-state index contributed by atoms with van der Waals surface area (Å²) in [5, 5.41) is 9.24. The number of carbonyl (C=O) groups is 1. The summed E-state index contributed by atoms with van der Waals surface area (Å²) in [6.07, 6.45) is 4.81. The molecule has 2 aromatic carbocycles. The monoisotopic (exact) mass is 484 g/mol. The molecule has 0 amide bonds. The fraction of sp³-hybridized carbons (Fsp3) is 0.552. The highest BCUT2D eigenvalue weighted by molar-refractivity contribution is 5.76. The summed E-state index contributed by atoms with van der Waals surface area (Å²) in [4.78, 5) is 11.3. The maximum Gasteiger partial charge on any atom is 0.347 e. The van der Waals surface area contributed by atoms with Crippen LogP contribution in [0.1, 0.15) is 74.8 Å². The maximum absolute atomic E-state index is 11.3. The number of benzene rings is 2. The molecule has 0 saturated carbocycles. The third-order valence-electron chi connectivity index (χ3n) is 7.04. The van der Waals surface area contributed by atoms with Crippen LogP contribution in [0.5, 0.6) is 17.2 Å². The Hall–Kier alpha value is -2.73. The Balaban J connectivity index is 1.62. The van der Waals surface area contributed by atoms with E-state index in [0.29, 0.717) is 12.4 Å². The molecule has 0 saturated heterocycles. The fourth-order valence-corrected chi connectivity index (χ4v) is 4.59. The van der Waals surface area contributed by atoms with Crippen LogP contribution in [-0.2, 0) is 22.4 Å². The summed E-state index contributed by atoms with van der Waals surface area (Å²) in [7, 11) is 0. The topological polar surface area (TPSA) is 74.2 Å². The normalized spacial score (nSPS) is 17.5. The number of hydrogen-bond acceptors (Lipinski definition) is 5. The molecule has 0 fully saturated rings. The maximum atomic E-state index is 11.3. The van der Waals surface area contributed by atoms with Crippen LogP contribution < -0.4 is 14.2 Å². The molecule has 0 bridgehead atoms. The highest BCUT2D eigenvalue weighted by Crippen LogP contribution is 2.44. The van der Waals surface area contributed by atoms with E-state index in [0.717, 1.165) is 60.3 Å². The van der Waals surface area contributed by atoms with Crippen molar-refractivity contribution in [1.29, 1.82) is 0 Å². The second-order valence-corrected chi connectivity index (χ2v) is 10.2. The van der Waals surface area contributed by atoms with E-state index in [2.05, 4.69) is 27.7 Å². The summed E-state index contributed by atoms with van der Waals surface area (Å²) in [5.74, 6) is 1.51. The summed E-state index contributed by atoms with van der Waals surface area (Å²) in [6.45, 7) is 14.5. The standard InChI is InChI=1S/C29H40O6/c1-8-32-18-33-25-19(2)20(3)26-24(21(25)4)15-17-29(7,35-26)16-9-10-22-11-13-23(14-12-22)34-28(5,6)27(30)31/h11-14H,8-10,15-18H2,1-7H3,(H,30,31)/t29-/m1/s1. The predicted molar refractivity (Wildman–Crippen MR) is 137 cm³/mol. The summed E-state index contributed by atoms with van der Waals surface area (Å²) in [6, 6.07) is 7.70. The van der Waals surface area contributed by atoms with Gasteiger partial charge in [0.15, 0.2) is 12.4 Å². The van der Waals surface area contributed by atoms with Gasteiger partial charge in [-0.15, -0.1) is 0 Å².